The predicted molar refractivity (Wildman–Crippen MR) is 204 cm³/mol. The Morgan fingerprint density at radius 1 is 0.306 bits per heavy atom. The van der Waals surface area contributed by atoms with Gasteiger partial charge in [0, 0.05) is 44.7 Å². The number of hydrogen-bond donors (Lipinski definition) is 0. The number of hydrogen-bond acceptors (Lipinski definition) is 3. The van der Waals surface area contributed by atoms with Gasteiger partial charge in [-0.05, 0) is 87.6 Å². The number of anilines is 3. The van der Waals surface area contributed by atoms with Crippen LogP contribution in [0.15, 0.2) is 185 Å². The number of furan rings is 2. The van der Waals surface area contributed by atoms with Gasteiger partial charge in [-0.2, -0.15) is 0 Å². The number of nitrogens with zero attached hydrogens (tertiary/aromatic N) is 1. The lowest BCUT2D eigenvalue weighted by Gasteiger charge is -2.26. The summed E-state index contributed by atoms with van der Waals surface area (Å²) >= 11 is 0. The summed E-state index contributed by atoms with van der Waals surface area (Å²) in [4.78, 5) is 2.34. The van der Waals surface area contributed by atoms with Crippen molar-refractivity contribution in [3.8, 4) is 22.3 Å². The Labute approximate surface area is 282 Å². The van der Waals surface area contributed by atoms with Gasteiger partial charge in [0.25, 0.3) is 0 Å². The molecule has 0 radical (unpaired) electrons. The fourth-order valence-electron chi connectivity index (χ4n) is 7.38. The SMILES string of the molecule is c1ccc(-c2cccc(N(c3ccc4c(c3)oc3ccccc34)c3ccc4c(-c5ccccc5)cc5oc6ccccc6c5c4c3)c2)cc1. The zero-order chi connectivity index (χ0) is 32.3. The van der Waals surface area contributed by atoms with E-state index in [1.165, 1.54) is 10.9 Å². The van der Waals surface area contributed by atoms with Crippen LogP contribution in [0.2, 0.25) is 0 Å². The first-order valence-corrected chi connectivity index (χ1v) is 16.6. The summed E-state index contributed by atoms with van der Waals surface area (Å²) in [7, 11) is 0. The van der Waals surface area contributed by atoms with E-state index >= 15 is 0 Å². The Kier molecular flexibility index (Phi) is 6.18. The van der Waals surface area contributed by atoms with E-state index in [-0.39, 0.29) is 0 Å². The molecule has 0 aliphatic heterocycles. The molecule has 0 fully saturated rings. The van der Waals surface area contributed by atoms with E-state index < -0.39 is 0 Å². The Morgan fingerprint density at radius 2 is 0.878 bits per heavy atom. The molecule has 0 saturated heterocycles. The van der Waals surface area contributed by atoms with Gasteiger partial charge < -0.3 is 13.7 Å². The molecule has 0 unspecified atom stereocenters. The van der Waals surface area contributed by atoms with Crippen molar-refractivity contribution in [3.05, 3.63) is 176 Å². The molecule has 3 nitrogen and oxygen atoms in total. The van der Waals surface area contributed by atoms with Crippen LogP contribution in [0.4, 0.5) is 17.1 Å². The minimum atomic E-state index is 0.860. The van der Waals surface area contributed by atoms with Gasteiger partial charge in [0.15, 0.2) is 0 Å². The Bertz CT molecular complexity index is 2830. The third-order valence-corrected chi connectivity index (χ3v) is 9.64. The molecule has 49 heavy (non-hydrogen) atoms. The Morgan fingerprint density at radius 3 is 1.67 bits per heavy atom. The molecule has 10 rings (SSSR count). The van der Waals surface area contributed by atoms with Gasteiger partial charge in [-0.15, -0.1) is 0 Å². The maximum Gasteiger partial charge on any atom is 0.137 e. The molecule has 10 aromatic rings. The third-order valence-electron chi connectivity index (χ3n) is 9.64. The molecule has 0 bridgehead atoms. The van der Waals surface area contributed by atoms with Crippen molar-refractivity contribution in [2.75, 3.05) is 4.90 Å². The van der Waals surface area contributed by atoms with E-state index in [2.05, 4.69) is 163 Å². The second-order valence-corrected chi connectivity index (χ2v) is 12.5. The van der Waals surface area contributed by atoms with E-state index in [1.54, 1.807) is 0 Å². The molecule has 0 aliphatic carbocycles. The lowest BCUT2D eigenvalue weighted by Crippen LogP contribution is -2.10. The summed E-state index contributed by atoms with van der Waals surface area (Å²) in [5.41, 5.74) is 11.3. The molecule has 0 spiro atoms. The predicted octanol–water partition coefficient (Wildman–Crippen LogP) is 13.4. The van der Waals surface area contributed by atoms with Crippen molar-refractivity contribution in [2.45, 2.75) is 0 Å². The standard InChI is InChI=1S/C46H29NO2/c1-3-12-30(13-4-1)32-16-11-17-33(26-32)47(35-23-25-38-37-18-7-9-20-42(37)48-44(38)28-35)34-22-24-36-40(31-14-5-2-6-15-31)29-45-46(41(36)27-34)39-19-8-10-21-43(39)49-45/h1-29H. The molecule has 0 atom stereocenters. The maximum atomic E-state index is 6.51. The average Bonchev–Trinajstić information content (AvgIpc) is 3.73. The maximum absolute atomic E-state index is 6.51. The molecule has 0 aliphatic rings. The lowest BCUT2D eigenvalue weighted by molar-refractivity contribution is 0.669. The van der Waals surface area contributed by atoms with Gasteiger partial charge in [0.1, 0.15) is 22.3 Å². The molecular weight excluding hydrogens is 599 g/mol. The molecule has 3 heteroatoms. The van der Waals surface area contributed by atoms with Crippen LogP contribution in [-0.4, -0.2) is 0 Å². The zero-order valence-electron chi connectivity index (χ0n) is 26.5. The third kappa shape index (κ3) is 4.51. The van der Waals surface area contributed by atoms with Crippen molar-refractivity contribution in [1.29, 1.82) is 0 Å². The minimum Gasteiger partial charge on any atom is -0.456 e. The fourth-order valence-corrected chi connectivity index (χ4v) is 7.38. The number of fused-ring (bicyclic) bond motifs is 8. The monoisotopic (exact) mass is 627 g/mol. The Hall–Kier alpha value is -6.58. The van der Waals surface area contributed by atoms with Gasteiger partial charge in [0.2, 0.25) is 0 Å². The number of benzene rings is 8. The van der Waals surface area contributed by atoms with E-state index in [1.807, 2.05) is 18.2 Å². The highest BCUT2D eigenvalue weighted by Gasteiger charge is 2.20. The van der Waals surface area contributed by atoms with Crippen LogP contribution in [0, 0.1) is 0 Å². The van der Waals surface area contributed by atoms with Crippen molar-refractivity contribution in [2.24, 2.45) is 0 Å². The van der Waals surface area contributed by atoms with Crippen LogP contribution < -0.4 is 4.90 Å². The summed E-state index contributed by atoms with van der Waals surface area (Å²) in [5.74, 6) is 0. The van der Waals surface area contributed by atoms with Gasteiger partial charge >= 0.3 is 0 Å². The topological polar surface area (TPSA) is 29.5 Å². The highest BCUT2D eigenvalue weighted by atomic mass is 16.3. The molecular formula is C46H29NO2. The first kappa shape index (κ1) is 27.5. The second kappa shape index (κ2) is 11.0. The van der Waals surface area contributed by atoms with Crippen LogP contribution >= 0.6 is 0 Å². The summed E-state index contributed by atoms with van der Waals surface area (Å²) < 4.78 is 12.9. The van der Waals surface area contributed by atoms with Crippen LogP contribution in [0.25, 0.3) is 76.9 Å². The summed E-state index contributed by atoms with van der Waals surface area (Å²) in [5, 5.41) is 6.79. The normalized spacial score (nSPS) is 11.7. The van der Waals surface area contributed by atoms with Gasteiger partial charge in [-0.1, -0.05) is 115 Å². The summed E-state index contributed by atoms with van der Waals surface area (Å²) in [6.07, 6.45) is 0. The van der Waals surface area contributed by atoms with Crippen molar-refractivity contribution >= 4 is 71.7 Å². The van der Waals surface area contributed by atoms with Gasteiger partial charge in [-0.25, -0.2) is 0 Å². The highest BCUT2D eigenvalue weighted by molar-refractivity contribution is 6.22. The first-order valence-electron chi connectivity index (χ1n) is 16.6. The smallest absolute Gasteiger partial charge is 0.137 e. The molecule has 0 amide bonds. The summed E-state index contributed by atoms with van der Waals surface area (Å²) in [6, 6.07) is 62.0. The number of para-hydroxylation sites is 2. The van der Waals surface area contributed by atoms with Crippen molar-refractivity contribution < 1.29 is 8.83 Å². The van der Waals surface area contributed by atoms with Crippen LogP contribution in [0.1, 0.15) is 0 Å². The summed E-state index contributed by atoms with van der Waals surface area (Å²) in [6.45, 7) is 0. The number of rotatable bonds is 5. The van der Waals surface area contributed by atoms with E-state index in [4.69, 9.17) is 8.83 Å². The molecule has 2 aromatic heterocycles. The minimum absolute atomic E-state index is 0.860. The van der Waals surface area contributed by atoms with Gasteiger partial charge in [0.05, 0.1) is 0 Å². The van der Waals surface area contributed by atoms with E-state index in [0.717, 1.165) is 83.0 Å². The molecule has 0 N–H and O–H groups in total. The van der Waals surface area contributed by atoms with Crippen LogP contribution in [0.3, 0.4) is 0 Å². The largest absolute Gasteiger partial charge is 0.456 e. The average molecular weight is 628 g/mol. The van der Waals surface area contributed by atoms with E-state index in [9.17, 15) is 0 Å². The molecule has 2 heterocycles. The van der Waals surface area contributed by atoms with Crippen molar-refractivity contribution in [1.82, 2.24) is 0 Å². The molecule has 8 aromatic carbocycles. The van der Waals surface area contributed by atoms with Gasteiger partial charge in [-0.3, -0.25) is 0 Å². The lowest BCUT2D eigenvalue weighted by atomic mass is 9.94. The highest BCUT2D eigenvalue weighted by Crippen LogP contribution is 2.45. The fraction of sp³-hybridized carbons (Fsp3) is 0. The molecule has 230 valence electrons. The van der Waals surface area contributed by atoms with Crippen LogP contribution in [0.5, 0.6) is 0 Å². The quantitative estimate of drug-likeness (QED) is 0.190. The Balaban J connectivity index is 1.25. The zero-order valence-corrected chi connectivity index (χ0v) is 26.5. The second-order valence-electron chi connectivity index (χ2n) is 12.5. The van der Waals surface area contributed by atoms with E-state index in [0.29, 0.717) is 0 Å². The van der Waals surface area contributed by atoms with Crippen LogP contribution in [-0.2, 0) is 0 Å². The first-order chi connectivity index (χ1) is 24.3. The van der Waals surface area contributed by atoms with Crippen molar-refractivity contribution in [3.63, 3.8) is 0 Å². The molecule has 0 saturated carbocycles.